The summed E-state index contributed by atoms with van der Waals surface area (Å²) in [5.41, 5.74) is 6.33. The number of aliphatic hydroxyl groups is 2. The van der Waals surface area contributed by atoms with Gasteiger partial charge in [-0.05, 0) is 110 Å². The fourth-order valence-corrected chi connectivity index (χ4v) is 8.54. The zero-order chi connectivity index (χ0) is 52.0. The molecule has 2 heterocycles. The summed E-state index contributed by atoms with van der Waals surface area (Å²) >= 11 is 13.7. The lowest BCUT2D eigenvalue weighted by molar-refractivity contribution is -0.143. The Balaban J connectivity index is 1.19. The van der Waals surface area contributed by atoms with Crippen molar-refractivity contribution in [3.05, 3.63) is 163 Å². The van der Waals surface area contributed by atoms with Gasteiger partial charge >= 0.3 is 11.9 Å². The van der Waals surface area contributed by atoms with E-state index in [4.69, 9.17) is 42.1 Å². The van der Waals surface area contributed by atoms with Crippen LogP contribution in [0.2, 0.25) is 10.0 Å². The summed E-state index contributed by atoms with van der Waals surface area (Å²) in [5, 5.41) is 62.1. The average molecular weight is 1020 g/mol. The van der Waals surface area contributed by atoms with Gasteiger partial charge in [-0.3, -0.25) is 19.6 Å². The first-order chi connectivity index (χ1) is 34.3. The zero-order valence-corrected chi connectivity index (χ0v) is 41.8. The third-order valence-corrected chi connectivity index (χ3v) is 12.5. The van der Waals surface area contributed by atoms with Crippen LogP contribution in [0.15, 0.2) is 97.6 Å². The molecule has 0 saturated carbocycles. The van der Waals surface area contributed by atoms with Crippen LogP contribution in [0.3, 0.4) is 0 Å². The molecule has 5 N–H and O–H groups in total. The third kappa shape index (κ3) is 15.4. The van der Waals surface area contributed by atoms with E-state index in [1.165, 1.54) is 26.2 Å². The van der Waals surface area contributed by atoms with Gasteiger partial charge in [0.2, 0.25) is 0 Å². The van der Waals surface area contributed by atoms with Crippen molar-refractivity contribution in [2.45, 2.75) is 104 Å². The number of nitriles is 2. The monoisotopic (exact) mass is 1020 g/mol. The molecule has 15 nitrogen and oxygen atoms in total. The topological polar surface area (TPSA) is 237 Å². The quantitative estimate of drug-likeness (QED) is 0.0359. The lowest BCUT2D eigenvalue weighted by atomic mass is 9.92. The molecule has 0 fully saturated rings. The predicted molar refractivity (Wildman–Crippen MR) is 270 cm³/mol. The molecule has 4 aromatic carbocycles. The number of rotatable bonds is 25. The molecular weight excluding hydrogens is 962 g/mol. The number of carboxylic acids is 2. The van der Waals surface area contributed by atoms with E-state index in [0.29, 0.717) is 73.7 Å². The molecule has 0 spiro atoms. The predicted octanol–water partition coefficient (Wildman–Crippen LogP) is 9.99. The number of carboxylic acid groups (broad SMARTS) is 2. The summed E-state index contributed by atoms with van der Waals surface area (Å²) in [4.78, 5) is 30.8. The number of nitrogens with zero attached hydrogens (tertiary/aromatic N) is 4. The number of pyridine rings is 2. The molecule has 0 saturated heterocycles. The van der Waals surface area contributed by atoms with Gasteiger partial charge in [-0.2, -0.15) is 10.5 Å². The van der Waals surface area contributed by atoms with Gasteiger partial charge in [-0.1, -0.05) is 59.6 Å². The number of hydrogen-bond acceptors (Lipinski definition) is 13. The van der Waals surface area contributed by atoms with Crippen molar-refractivity contribution in [1.29, 1.82) is 10.5 Å². The highest BCUT2D eigenvalue weighted by molar-refractivity contribution is 6.32. The standard InChI is InChI=1S/C55H55Cl2N5O10/c1-34-41(31-71-50-18-48(69-29-38-14-36(22-58)24-60-26-38)40(16-46(50)56)10-7-13-54(3,67)20-52(63)64)8-5-11-44(34)45-12-6-9-42(35(45)2)32-72-51-19-49(70-30-39-15-37(23-59)25-61-27-39)43(17-47(51)57)28-62-33-55(4,68)21-53(65)66/h5-6,8-9,11-12,14-19,24-27,62,67-68H,7,10,13,20-21,28-33H2,1-4H3,(H,63,64)(H,65,66). The Morgan fingerprint density at radius 3 is 1.57 bits per heavy atom. The maximum atomic E-state index is 11.3. The van der Waals surface area contributed by atoms with Gasteiger partial charge in [-0.15, -0.1) is 0 Å². The number of ether oxygens (including phenoxy) is 4. The van der Waals surface area contributed by atoms with E-state index >= 15 is 0 Å². The van der Waals surface area contributed by atoms with E-state index in [1.54, 1.807) is 48.8 Å². The molecule has 0 aliphatic heterocycles. The van der Waals surface area contributed by atoms with Crippen molar-refractivity contribution in [1.82, 2.24) is 15.3 Å². The minimum Gasteiger partial charge on any atom is -0.488 e. The fourth-order valence-electron chi connectivity index (χ4n) is 8.06. The maximum Gasteiger partial charge on any atom is 0.306 e. The Morgan fingerprint density at radius 1 is 0.625 bits per heavy atom. The highest BCUT2D eigenvalue weighted by Gasteiger charge is 2.26. The van der Waals surface area contributed by atoms with E-state index in [1.807, 2.05) is 50.2 Å². The first-order valence-corrected chi connectivity index (χ1v) is 23.7. The lowest BCUT2D eigenvalue weighted by Gasteiger charge is -2.22. The third-order valence-electron chi connectivity index (χ3n) is 11.9. The number of aryl methyl sites for hydroxylation is 1. The second-order valence-corrected chi connectivity index (χ2v) is 18.9. The molecule has 0 bridgehead atoms. The summed E-state index contributed by atoms with van der Waals surface area (Å²) in [6, 6.07) is 26.3. The summed E-state index contributed by atoms with van der Waals surface area (Å²) in [5.74, 6) is -0.580. The number of aromatic nitrogens is 2. The van der Waals surface area contributed by atoms with Crippen LogP contribution < -0.4 is 24.3 Å². The smallest absolute Gasteiger partial charge is 0.306 e. The van der Waals surface area contributed by atoms with Gasteiger partial charge < -0.3 is 44.7 Å². The molecule has 0 radical (unpaired) electrons. The lowest BCUT2D eigenvalue weighted by Crippen LogP contribution is -2.39. The van der Waals surface area contributed by atoms with Gasteiger partial charge in [0.1, 0.15) is 61.6 Å². The second-order valence-electron chi connectivity index (χ2n) is 18.1. The largest absolute Gasteiger partial charge is 0.488 e. The van der Waals surface area contributed by atoms with Crippen molar-refractivity contribution >= 4 is 35.1 Å². The van der Waals surface area contributed by atoms with Crippen molar-refractivity contribution in [2.75, 3.05) is 6.54 Å². The molecule has 374 valence electrons. The molecule has 0 aliphatic rings. The molecule has 2 aromatic heterocycles. The number of hydrogen-bond donors (Lipinski definition) is 5. The Morgan fingerprint density at radius 2 is 1.08 bits per heavy atom. The van der Waals surface area contributed by atoms with Crippen LogP contribution in [0, 0.1) is 36.5 Å². The minimum absolute atomic E-state index is 0.0131. The number of nitrogens with one attached hydrogen (secondary N) is 1. The normalized spacial score (nSPS) is 12.7. The molecule has 72 heavy (non-hydrogen) atoms. The summed E-state index contributed by atoms with van der Waals surface area (Å²) in [6.45, 7) is 7.66. The Bertz CT molecular complexity index is 2800. The summed E-state index contributed by atoms with van der Waals surface area (Å²) in [7, 11) is 0. The van der Waals surface area contributed by atoms with Gasteiger partial charge in [-0.25, -0.2) is 0 Å². The van der Waals surface area contributed by atoms with Gasteiger partial charge in [0, 0.05) is 66.7 Å². The van der Waals surface area contributed by atoms with E-state index in [0.717, 1.165) is 38.9 Å². The van der Waals surface area contributed by atoms with Gasteiger partial charge in [0.05, 0.1) is 45.2 Å². The SMILES string of the molecule is Cc1c(COc2cc(OCc3cncc(C#N)c3)c(CCCC(C)(O)CC(=O)O)cc2Cl)cccc1-c1cccc(COc2cc(OCc3cncc(C#N)c3)c(CNCC(C)(O)CC(=O)O)cc2Cl)c1C. The maximum absolute atomic E-state index is 11.3. The van der Waals surface area contributed by atoms with Crippen molar-refractivity contribution in [2.24, 2.45) is 0 Å². The highest BCUT2D eigenvalue weighted by atomic mass is 35.5. The van der Waals surface area contributed by atoms with Crippen LogP contribution in [0.4, 0.5) is 0 Å². The number of halogens is 2. The molecular formula is C55H55Cl2N5O10. The number of benzene rings is 4. The van der Waals surface area contributed by atoms with Crippen LogP contribution in [-0.4, -0.2) is 60.1 Å². The van der Waals surface area contributed by atoms with Crippen LogP contribution in [-0.2, 0) is 49.0 Å². The van der Waals surface area contributed by atoms with Crippen molar-refractivity contribution in [3.63, 3.8) is 0 Å². The summed E-state index contributed by atoms with van der Waals surface area (Å²) < 4.78 is 25.3. The molecule has 17 heteroatoms. The van der Waals surface area contributed by atoms with Crippen LogP contribution in [0.5, 0.6) is 23.0 Å². The zero-order valence-electron chi connectivity index (χ0n) is 40.3. The van der Waals surface area contributed by atoms with E-state index in [2.05, 4.69) is 27.4 Å². The van der Waals surface area contributed by atoms with Crippen molar-refractivity contribution in [3.8, 4) is 46.3 Å². The van der Waals surface area contributed by atoms with E-state index < -0.39 is 29.6 Å². The van der Waals surface area contributed by atoms with Gasteiger partial charge in [0.15, 0.2) is 0 Å². The fraction of sp³-hybridized carbons (Fsp3) is 0.309. The molecule has 2 atom stereocenters. The minimum atomic E-state index is -1.50. The molecule has 0 amide bonds. The Kier molecular flexibility index (Phi) is 18.6. The van der Waals surface area contributed by atoms with Crippen LogP contribution in [0.25, 0.3) is 11.1 Å². The number of carbonyl (C=O) groups is 2. The average Bonchev–Trinajstić information content (AvgIpc) is 3.32. The van der Waals surface area contributed by atoms with Gasteiger partial charge in [0.25, 0.3) is 0 Å². The van der Waals surface area contributed by atoms with Crippen molar-refractivity contribution < 1.29 is 49.0 Å². The Labute approximate surface area is 428 Å². The molecule has 6 aromatic rings. The molecule has 0 aliphatic carbocycles. The molecule has 6 rings (SSSR count). The number of aliphatic carboxylic acids is 2. The summed E-state index contributed by atoms with van der Waals surface area (Å²) in [6.07, 6.45) is 6.43. The first-order valence-electron chi connectivity index (χ1n) is 22.9. The second kappa shape index (κ2) is 24.7. The first kappa shape index (κ1) is 54.1. The molecule has 2 unspecified atom stereocenters. The Hall–Kier alpha value is -7.24. The van der Waals surface area contributed by atoms with Crippen LogP contribution in [0.1, 0.15) is 95.2 Å². The van der Waals surface area contributed by atoms with E-state index in [9.17, 15) is 40.5 Å². The van der Waals surface area contributed by atoms with Crippen LogP contribution >= 0.6 is 23.2 Å². The van der Waals surface area contributed by atoms with E-state index in [-0.39, 0.29) is 52.4 Å². The highest BCUT2D eigenvalue weighted by Crippen LogP contribution is 2.38.